The highest BCUT2D eigenvalue weighted by Gasteiger charge is 2.42. The van der Waals surface area contributed by atoms with Crippen molar-refractivity contribution < 1.29 is 28.6 Å². The van der Waals surface area contributed by atoms with Gasteiger partial charge in [0.15, 0.2) is 6.29 Å². The maximum atomic E-state index is 13.0. The molecule has 1 aromatic heterocycles. The number of nitrogens with zero attached hydrogens (tertiary/aromatic N) is 1. The fourth-order valence-electron chi connectivity index (χ4n) is 4.05. The number of esters is 1. The van der Waals surface area contributed by atoms with Crippen molar-refractivity contribution in [3.05, 3.63) is 35.7 Å². The second-order valence-electron chi connectivity index (χ2n) is 9.66. The zero-order valence-corrected chi connectivity index (χ0v) is 21.1. The Hall–Kier alpha value is -2.33. The molecule has 2 fully saturated rings. The molecule has 9 nitrogen and oxygen atoms in total. The van der Waals surface area contributed by atoms with Gasteiger partial charge in [-0.05, 0) is 69.1 Å². The zero-order chi connectivity index (χ0) is 25.1. The number of hydroxylamine groups is 1. The monoisotopic (exact) mass is 489 g/mol. The predicted molar refractivity (Wildman–Crippen MR) is 131 cm³/mol. The predicted octanol–water partition coefficient (Wildman–Crippen LogP) is 3.29. The Morgan fingerprint density at radius 1 is 1.20 bits per heavy atom. The van der Waals surface area contributed by atoms with Gasteiger partial charge in [0, 0.05) is 32.0 Å². The van der Waals surface area contributed by atoms with Crippen LogP contribution in [0.2, 0.25) is 0 Å². The number of nitrogens with one attached hydrogen (secondary N) is 2. The minimum atomic E-state index is -0.729. The van der Waals surface area contributed by atoms with Gasteiger partial charge in [0.05, 0.1) is 12.3 Å². The SMILES string of the molecule is CC(C)COC(C)ONC(=O)C=Cc1ccc(CNC2(C(=O)OC3CCCC3)CCOCC2)cn1. The van der Waals surface area contributed by atoms with E-state index in [9.17, 15) is 9.59 Å². The van der Waals surface area contributed by atoms with Gasteiger partial charge in [-0.3, -0.25) is 19.9 Å². The standard InChI is InChI=1S/C26H39N3O6/c1-19(2)18-33-20(3)35-29-24(30)11-10-22-9-8-21(16-27-22)17-28-26(12-14-32-15-13-26)25(31)34-23-6-4-5-7-23/h8-11,16,19-20,23,28H,4-7,12-15,17-18H2,1-3H3,(H,29,30). The van der Waals surface area contributed by atoms with Crippen LogP contribution < -0.4 is 10.8 Å². The van der Waals surface area contributed by atoms with Crippen molar-refractivity contribution in [2.45, 2.75) is 83.8 Å². The number of rotatable bonds is 12. The first-order chi connectivity index (χ1) is 16.9. The first-order valence-electron chi connectivity index (χ1n) is 12.6. The first kappa shape index (κ1) is 27.3. The van der Waals surface area contributed by atoms with Crippen molar-refractivity contribution in [2.24, 2.45) is 5.92 Å². The molecule has 2 heterocycles. The minimum Gasteiger partial charge on any atom is -0.461 e. The van der Waals surface area contributed by atoms with Gasteiger partial charge in [-0.25, -0.2) is 10.3 Å². The van der Waals surface area contributed by atoms with Crippen LogP contribution in [0.3, 0.4) is 0 Å². The van der Waals surface area contributed by atoms with Crippen LogP contribution in [0.4, 0.5) is 0 Å². The van der Waals surface area contributed by atoms with Crippen molar-refractivity contribution in [2.75, 3.05) is 19.8 Å². The number of carbonyl (C=O) groups excluding carboxylic acids is 2. The fourth-order valence-corrected chi connectivity index (χ4v) is 4.05. The lowest BCUT2D eigenvalue weighted by Crippen LogP contribution is -2.56. The molecule has 0 radical (unpaired) electrons. The molecule has 194 valence electrons. The van der Waals surface area contributed by atoms with E-state index < -0.39 is 17.7 Å². The lowest BCUT2D eigenvalue weighted by molar-refractivity contribution is -0.180. The molecule has 1 aliphatic carbocycles. The quantitative estimate of drug-likeness (QED) is 0.199. The Morgan fingerprint density at radius 2 is 1.94 bits per heavy atom. The number of ether oxygens (including phenoxy) is 3. The Bertz CT molecular complexity index is 830. The summed E-state index contributed by atoms with van der Waals surface area (Å²) in [5.74, 6) is -0.189. The molecule has 1 saturated heterocycles. The number of aromatic nitrogens is 1. The summed E-state index contributed by atoms with van der Waals surface area (Å²) in [4.78, 5) is 34.6. The van der Waals surface area contributed by atoms with E-state index in [2.05, 4.69) is 15.8 Å². The van der Waals surface area contributed by atoms with E-state index in [0.717, 1.165) is 31.2 Å². The van der Waals surface area contributed by atoms with Gasteiger partial charge in [0.25, 0.3) is 5.91 Å². The molecule has 9 heteroatoms. The number of hydrogen-bond donors (Lipinski definition) is 2. The molecular formula is C26H39N3O6. The van der Waals surface area contributed by atoms with Gasteiger partial charge in [-0.1, -0.05) is 19.9 Å². The Morgan fingerprint density at radius 3 is 2.60 bits per heavy atom. The number of amides is 1. The topological polar surface area (TPSA) is 108 Å². The van der Waals surface area contributed by atoms with E-state index in [4.69, 9.17) is 19.0 Å². The zero-order valence-electron chi connectivity index (χ0n) is 21.1. The molecule has 0 aromatic carbocycles. The molecule has 1 saturated carbocycles. The maximum absolute atomic E-state index is 13.0. The molecule has 1 amide bonds. The van der Waals surface area contributed by atoms with Crippen LogP contribution in [-0.4, -0.2) is 54.6 Å². The fraction of sp³-hybridized carbons (Fsp3) is 0.654. The van der Waals surface area contributed by atoms with Crippen molar-refractivity contribution in [3.8, 4) is 0 Å². The molecular weight excluding hydrogens is 450 g/mol. The van der Waals surface area contributed by atoms with Gasteiger partial charge in [0.2, 0.25) is 0 Å². The Balaban J connectivity index is 1.47. The molecule has 0 spiro atoms. The lowest BCUT2D eigenvalue weighted by Gasteiger charge is -2.36. The third-order valence-corrected chi connectivity index (χ3v) is 6.19. The molecule has 1 unspecified atom stereocenters. The Kier molecular flexibility index (Phi) is 10.7. The van der Waals surface area contributed by atoms with E-state index in [1.807, 2.05) is 26.0 Å². The van der Waals surface area contributed by atoms with E-state index in [1.54, 1.807) is 19.2 Å². The third kappa shape index (κ3) is 9.00. The molecule has 35 heavy (non-hydrogen) atoms. The molecule has 1 atom stereocenters. The summed E-state index contributed by atoms with van der Waals surface area (Å²) in [6.45, 7) is 7.90. The third-order valence-electron chi connectivity index (χ3n) is 6.19. The summed E-state index contributed by atoms with van der Waals surface area (Å²) in [5, 5.41) is 3.43. The highest BCUT2D eigenvalue weighted by molar-refractivity contribution is 5.90. The van der Waals surface area contributed by atoms with Crippen molar-refractivity contribution >= 4 is 18.0 Å². The number of pyridine rings is 1. The molecule has 2 N–H and O–H groups in total. The van der Waals surface area contributed by atoms with Crippen LogP contribution in [0, 0.1) is 5.92 Å². The molecule has 0 bridgehead atoms. The maximum Gasteiger partial charge on any atom is 0.326 e. The average molecular weight is 490 g/mol. The van der Waals surface area contributed by atoms with Crippen LogP contribution in [0.25, 0.3) is 6.08 Å². The van der Waals surface area contributed by atoms with Crippen LogP contribution >= 0.6 is 0 Å². The van der Waals surface area contributed by atoms with E-state index >= 15 is 0 Å². The summed E-state index contributed by atoms with van der Waals surface area (Å²) in [6, 6.07) is 3.74. The molecule has 2 aliphatic rings. The van der Waals surface area contributed by atoms with Crippen LogP contribution in [0.5, 0.6) is 0 Å². The van der Waals surface area contributed by atoms with Crippen molar-refractivity contribution in [1.82, 2.24) is 15.8 Å². The lowest BCUT2D eigenvalue weighted by atomic mass is 9.89. The summed E-state index contributed by atoms with van der Waals surface area (Å²) < 4.78 is 16.8. The largest absolute Gasteiger partial charge is 0.461 e. The van der Waals surface area contributed by atoms with Gasteiger partial charge in [-0.2, -0.15) is 0 Å². The van der Waals surface area contributed by atoms with Crippen molar-refractivity contribution in [1.29, 1.82) is 0 Å². The highest BCUT2D eigenvalue weighted by Crippen LogP contribution is 2.27. The molecule has 1 aliphatic heterocycles. The summed E-state index contributed by atoms with van der Waals surface area (Å²) in [6.07, 6.45) is 9.51. The van der Waals surface area contributed by atoms with Crippen molar-refractivity contribution in [3.63, 3.8) is 0 Å². The molecule has 3 rings (SSSR count). The van der Waals surface area contributed by atoms with E-state index in [-0.39, 0.29) is 12.1 Å². The number of carbonyl (C=O) groups is 2. The average Bonchev–Trinajstić information content (AvgIpc) is 3.38. The smallest absolute Gasteiger partial charge is 0.326 e. The van der Waals surface area contributed by atoms with Gasteiger partial charge in [-0.15, -0.1) is 0 Å². The first-order valence-corrected chi connectivity index (χ1v) is 12.6. The second-order valence-corrected chi connectivity index (χ2v) is 9.66. The summed E-state index contributed by atoms with van der Waals surface area (Å²) in [7, 11) is 0. The second kappa shape index (κ2) is 13.7. The van der Waals surface area contributed by atoms with Crippen LogP contribution in [-0.2, 0) is 35.2 Å². The van der Waals surface area contributed by atoms with Gasteiger partial charge in [0.1, 0.15) is 11.6 Å². The summed E-state index contributed by atoms with van der Waals surface area (Å²) in [5.41, 5.74) is 3.18. The van der Waals surface area contributed by atoms with Gasteiger partial charge < -0.3 is 14.2 Å². The Labute approximate surface area is 207 Å². The number of hydrogen-bond acceptors (Lipinski definition) is 8. The van der Waals surface area contributed by atoms with Crippen LogP contribution in [0.15, 0.2) is 24.4 Å². The molecule has 1 aromatic rings. The van der Waals surface area contributed by atoms with Gasteiger partial charge >= 0.3 is 5.97 Å². The van der Waals surface area contributed by atoms with Crippen LogP contribution in [0.1, 0.15) is 70.6 Å². The summed E-state index contributed by atoms with van der Waals surface area (Å²) >= 11 is 0. The highest BCUT2D eigenvalue weighted by atomic mass is 16.8. The van der Waals surface area contributed by atoms with E-state index in [1.165, 1.54) is 6.08 Å². The minimum absolute atomic E-state index is 0.0372. The normalized spacial score (nSPS) is 19.2. The van der Waals surface area contributed by atoms with E-state index in [0.29, 0.717) is 50.8 Å².